The van der Waals surface area contributed by atoms with Crippen molar-refractivity contribution in [2.45, 2.75) is 6.54 Å². The molecule has 2 rings (SSSR count). The summed E-state index contributed by atoms with van der Waals surface area (Å²) in [7, 11) is 3.17. The number of benzene rings is 2. The summed E-state index contributed by atoms with van der Waals surface area (Å²) in [6, 6.07) is 11.3. The zero-order valence-electron chi connectivity index (χ0n) is 13.4. The Morgan fingerprint density at radius 1 is 1.04 bits per heavy atom. The fraction of sp³-hybridized carbons (Fsp3) is 0.235. The van der Waals surface area contributed by atoms with Crippen LogP contribution >= 0.6 is 31.9 Å². The van der Waals surface area contributed by atoms with E-state index in [1.54, 1.807) is 14.2 Å². The Bertz CT molecular complexity index is 723. The largest absolute Gasteiger partial charge is 0.493 e. The summed E-state index contributed by atoms with van der Waals surface area (Å²) in [6.07, 6.45) is 0. The predicted octanol–water partition coefficient (Wildman–Crippen LogP) is 3.96. The number of nitrogens with one attached hydrogen (secondary N) is 2. The van der Waals surface area contributed by atoms with E-state index in [2.05, 4.69) is 42.5 Å². The van der Waals surface area contributed by atoms with Crippen LogP contribution in [-0.4, -0.2) is 26.7 Å². The summed E-state index contributed by atoms with van der Waals surface area (Å²) in [6.45, 7) is 0.607. The van der Waals surface area contributed by atoms with Gasteiger partial charge >= 0.3 is 0 Å². The average Bonchev–Trinajstić information content (AvgIpc) is 2.58. The van der Waals surface area contributed by atoms with Crippen LogP contribution in [-0.2, 0) is 11.3 Å². The SMILES string of the molecule is COc1ccc(CNC(=O)CNc2ccc(Br)cc2Br)cc1OC. The summed E-state index contributed by atoms with van der Waals surface area (Å²) in [5, 5.41) is 5.96. The lowest BCUT2D eigenvalue weighted by Crippen LogP contribution is -2.29. The molecule has 7 heteroatoms. The maximum absolute atomic E-state index is 12.0. The van der Waals surface area contributed by atoms with Crippen molar-refractivity contribution in [3.8, 4) is 11.5 Å². The van der Waals surface area contributed by atoms with Gasteiger partial charge in [-0.1, -0.05) is 22.0 Å². The Kier molecular flexibility index (Phi) is 6.93. The summed E-state index contributed by atoms with van der Waals surface area (Å²) in [5.41, 5.74) is 1.80. The Morgan fingerprint density at radius 3 is 2.46 bits per heavy atom. The maximum atomic E-state index is 12.0. The Labute approximate surface area is 158 Å². The second-order valence-electron chi connectivity index (χ2n) is 4.94. The molecule has 0 spiro atoms. The molecule has 0 aliphatic rings. The molecule has 0 saturated carbocycles. The highest BCUT2D eigenvalue weighted by Gasteiger charge is 2.07. The molecule has 128 valence electrons. The van der Waals surface area contributed by atoms with Gasteiger partial charge in [0.15, 0.2) is 11.5 Å². The molecule has 24 heavy (non-hydrogen) atoms. The van der Waals surface area contributed by atoms with Crippen molar-refractivity contribution >= 4 is 43.5 Å². The Balaban J connectivity index is 1.87. The molecule has 0 unspecified atom stereocenters. The van der Waals surface area contributed by atoms with E-state index in [0.29, 0.717) is 18.0 Å². The zero-order valence-corrected chi connectivity index (χ0v) is 16.5. The van der Waals surface area contributed by atoms with Crippen LogP contribution in [0.3, 0.4) is 0 Å². The second kappa shape index (κ2) is 8.94. The molecule has 0 fully saturated rings. The first-order chi connectivity index (χ1) is 11.5. The molecule has 1 amide bonds. The van der Waals surface area contributed by atoms with Crippen LogP contribution in [0.15, 0.2) is 45.3 Å². The number of ether oxygens (including phenoxy) is 2. The molecule has 0 atom stereocenters. The molecule has 2 N–H and O–H groups in total. The van der Waals surface area contributed by atoms with E-state index in [0.717, 1.165) is 20.2 Å². The van der Waals surface area contributed by atoms with E-state index in [9.17, 15) is 4.79 Å². The van der Waals surface area contributed by atoms with Gasteiger partial charge in [-0.05, 0) is 51.8 Å². The van der Waals surface area contributed by atoms with Crippen LogP contribution in [0.1, 0.15) is 5.56 Å². The highest BCUT2D eigenvalue weighted by molar-refractivity contribution is 9.11. The molecule has 2 aromatic rings. The van der Waals surface area contributed by atoms with Crippen molar-refractivity contribution in [2.75, 3.05) is 26.1 Å². The van der Waals surface area contributed by atoms with Crippen LogP contribution in [0, 0.1) is 0 Å². The second-order valence-corrected chi connectivity index (χ2v) is 6.71. The first-order valence-corrected chi connectivity index (χ1v) is 8.78. The van der Waals surface area contributed by atoms with Gasteiger partial charge < -0.3 is 20.1 Å². The molecule has 0 aliphatic heterocycles. The monoisotopic (exact) mass is 456 g/mol. The van der Waals surface area contributed by atoms with Gasteiger partial charge in [-0.25, -0.2) is 0 Å². The minimum atomic E-state index is -0.0976. The van der Waals surface area contributed by atoms with Crippen LogP contribution in [0.5, 0.6) is 11.5 Å². The lowest BCUT2D eigenvalue weighted by atomic mass is 10.2. The van der Waals surface area contributed by atoms with Gasteiger partial charge in [0.1, 0.15) is 0 Å². The fourth-order valence-electron chi connectivity index (χ4n) is 2.06. The number of rotatable bonds is 7. The normalized spacial score (nSPS) is 10.2. The summed E-state index contributed by atoms with van der Waals surface area (Å²) in [4.78, 5) is 12.0. The van der Waals surface area contributed by atoms with Crippen LogP contribution in [0.4, 0.5) is 5.69 Å². The molecule has 0 bridgehead atoms. The number of halogens is 2. The van der Waals surface area contributed by atoms with E-state index < -0.39 is 0 Å². The first kappa shape index (κ1) is 18.6. The summed E-state index contributed by atoms with van der Waals surface area (Å²) in [5.74, 6) is 1.20. The van der Waals surface area contributed by atoms with Crippen molar-refractivity contribution in [2.24, 2.45) is 0 Å². The summed E-state index contributed by atoms with van der Waals surface area (Å²) >= 11 is 6.85. The lowest BCUT2D eigenvalue weighted by molar-refractivity contribution is -0.119. The molecule has 0 saturated heterocycles. The van der Waals surface area contributed by atoms with Crippen molar-refractivity contribution < 1.29 is 14.3 Å². The van der Waals surface area contributed by atoms with Crippen molar-refractivity contribution in [3.05, 3.63) is 50.9 Å². The van der Waals surface area contributed by atoms with Crippen molar-refractivity contribution in [3.63, 3.8) is 0 Å². The van der Waals surface area contributed by atoms with Crippen LogP contribution < -0.4 is 20.1 Å². The molecular weight excluding hydrogens is 440 g/mol. The smallest absolute Gasteiger partial charge is 0.239 e. The third-order valence-corrected chi connectivity index (χ3v) is 4.46. The van der Waals surface area contributed by atoms with E-state index >= 15 is 0 Å². The number of methoxy groups -OCH3 is 2. The molecule has 0 heterocycles. The highest BCUT2D eigenvalue weighted by Crippen LogP contribution is 2.27. The number of hydrogen-bond acceptors (Lipinski definition) is 4. The predicted molar refractivity (Wildman–Crippen MR) is 102 cm³/mol. The maximum Gasteiger partial charge on any atom is 0.239 e. The molecule has 2 aromatic carbocycles. The van der Waals surface area contributed by atoms with Crippen molar-refractivity contribution in [1.82, 2.24) is 5.32 Å². The molecule has 5 nitrogen and oxygen atoms in total. The number of hydrogen-bond donors (Lipinski definition) is 2. The van der Waals surface area contributed by atoms with Gasteiger partial charge in [0.2, 0.25) is 5.91 Å². The van der Waals surface area contributed by atoms with Gasteiger partial charge in [0, 0.05) is 21.2 Å². The fourth-order valence-corrected chi connectivity index (χ4v) is 3.25. The quantitative estimate of drug-likeness (QED) is 0.660. The number of carbonyl (C=O) groups is 1. The molecular formula is C17H18Br2N2O3. The van der Waals surface area contributed by atoms with Gasteiger partial charge in [0.05, 0.1) is 20.8 Å². The van der Waals surface area contributed by atoms with Crippen LogP contribution in [0.25, 0.3) is 0 Å². The van der Waals surface area contributed by atoms with Crippen LogP contribution in [0.2, 0.25) is 0 Å². The third-order valence-electron chi connectivity index (χ3n) is 3.31. The van der Waals surface area contributed by atoms with E-state index in [1.807, 2.05) is 36.4 Å². The molecule has 0 aliphatic carbocycles. The van der Waals surface area contributed by atoms with Gasteiger partial charge in [-0.3, -0.25) is 4.79 Å². The Hall–Kier alpha value is -1.73. The van der Waals surface area contributed by atoms with Gasteiger partial charge in [0.25, 0.3) is 0 Å². The standard InChI is InChI=1S/C17H18Br2N2O3/c1-23-15-6-3-11(7-16(15)24-2)9-21-17(22)10-20-14-5-4-12(18)8-13(14)19/h3-8,20H,9-10H2,1-2H3,(H,21,22). The third kappa shape index (κ3) is 5.14. The molecule has 0 aromatic heterocycles. The molecule has 0 radical (unpaired) electrons. The van der Waals surface area contributed by atoms with Gasteiger partial charge in [-0.2, -0.15) is 0 Å². The topological polar surface area (TPSA) is 59.6 Å². The van der Waals surface area contributed by atoms with E-state index in [-0.39, 0.29) is 12.5 Å². The number of amides is 1. The Morgan fingerprint density at radius 2 is 1.79 bits per heavy atom. The van der Waals surface area contributed by atoms with E-state index in [4.69, 9.17) is 9.47 Å². The van der Waals surface area contributed by atoms with E-state index in [1.165, 1.54) is 0 Å². The zero-order chi connectivity index (χ0) is 17.5. The van der Waals surface area contributed by atoms with Crippen molar-refractivity contribution in [1.29, 1.82) is 0 Å². The lowest BCUT2D eigenvalue weighted by Gasteiger charge is -2.11. The average molecular weight is 458 g/mol. The summed E-state index contributed by atoms with van der Waals surface area (Å²) < 4.78 is 12.3. The minimum absolute atomic E-state index is 0.0976. The highest BCUT2D eigenvalue weighted by atomic mass is 79.9. The minimum Gasteiger partial charge on any atom is -0.493 e. The van der Waals surface area contributed by atoms with Gasteiger partial charge in [-0.15, -0.1) is 0 Å². The number of anilines is 1. The number of carbonyl (C=O) groups excluding carboxylic acids is 1. The first-order valence-electron chi connectivity index (χ1n) is 7.20.